The van der Waals surface area contributed by atoms with E-state index in [0.717, 1.165) is 0 Å². The lowest BCUT2D eigenvalue weighted by atomic mass is 9.97. The van der Waals surface area contributed by atoms with Crippen molar-refractivity contribution < 1.29 is 39.0 Å². The maximum absolute atomic E-state index is 13.1. The van der Waals surface area contributed by atoms with E-state index in [2.05, 4.69) is 21.3 Å². The SMILES string of the molecule is CC(C)[C@H](NC(=O)[C@@H](NC(=O)[C@@H](NC(=O)[C@@H](NC(=O)[C@@H](N)CC(=O)O)C(C)C)C(C)C)C(C)C)C(=O)O. The highest BCUT2D eigenvalue weighted by atomic mass is 16.4. The molecule has 0 rings (SSSR count). The zero-order valence-corrected chi connectivity index (χ0v) is 22.8. The topological polar surface area (TPSA) is 217 Å². The smallest absolute Gasteiger partial charge is 0.326 e. The number of nitrogens with one attached hydrogen (secondary N) is 4. The number of rotatable bonds is 15. The third-order valence-corrected chi connectivity index (χ3v) is 5.70. The fourth-order valence-corrected chi connectivity index (χ4v) is 3.39. The van der Waals surface area contributed by atoms with Crippen molar-refractivity contribution in [2.45, 2.75) is 92.0 Å². The first-order valence-corrected chi connectivity index (χ1v) is 12.3. The zero-order chi connectivity index (χ0) is 29.2. The van der Waals surface area contributed by atoms with E-state index in [1.165, 1.54) is 0 Å². The Morgan fingerprint density at radius 1 is 0.541 bits per heavy atom. The number of carboxylic acids is 2. The van der Waals surface area contributed by atoms with Crippen LogP contribution in [0, 0.1) is 23.7 Å². The summed E-state index contributed by atoms with van der Waals surface area (Å²) in [4.78, 5) is 73.6. The summed E-state index contributed by atoms with van der Waals surface area (Å²) in [7, 11) is 0. The van der Waals surface area contributed by atoms with Gasteiger partial charge in [-0.05, 0) is 23.7 Å². The number of hydrogen-bond acceptors (Lipinski definition) is 7. The number of aliphatic carboxylic acids is 2. The Balaban J connectivity index is 5.64. The molecule has 0 aliphatic rings. The largest absolute Gasteiger partial charge is 0.481 e. The monoisotopic (exact) mass is 529 g/mol. The molecule has 4 amide bonds. The minimum Gasteiger partial charge on any atom is -0.481 e. The fraction of sp³-hybridized carbons (Fsp3) is 0.750. The summed E-state index contributed by atoms with van der Waals surface area (Å²) < 4.78 is 0. The van der Waals surface area contributed by atoms with Crippen LogP contribution in [0.2, 0.25) is 0 Å². The average molecular weight is 530 g/mol. The first kappa shape index (κ1) is 33.8. The van der Waals surface area contributed by atoms with Gasteiger partial charge >= 0.3 is 11.9 Å². The molecule has 0 heterocycles. The second-order valence-corrected chi connectivity index (χ2v) is 10.5. The van der Waals surface area contributed by atoms with Crippen LogP contribution in [0.5, 0.6) is 0 Å². The highest BCUT2D eigenvalue weighted by Crippen LogP contribution is 2.10. The summed E-state index contributed by atoms with van der Waals surface area (Å²) in [6.45, 7) is 13.3. The van der Waals surface area contributed by atoms with Crippen LogP contribution in [0.15, 0.2) is 0 Å². The third-order valence-electron chi connectivity index (χ3n) is 5.70. The van der Waals surface area contributed by atoms with Gasteiger partial charge in [-0.3, -0.25) is 24.0 Å². The summed E-state index contributed by atoms with van der Waals surface area (Å²) in [6, 6.07) is -5.77. The van der Waals surface area contributed by atoms with Crippen molar-refractivity contribution in [3.63, 3.8) is 0 Å². The van der Waals surface area contributed by atoms with E-state index in [1.807, 2.05) is 0 Å². The van der Waals surface area contributed by atoms with Crippen molar-refractivity contribution in [2.24, 2.45) is 29.4 Å². The third kappa shape index (κ3) is 11.1. The van der Waals surface area contributed by atoms with Crippen molar-refractivity contribution >= 4 is 35.6 Å². The van der Waals surface area contributed by atoms with E-state index in [9.17, 15) is 33.9 Å². The average Bonchev–Trinajstić information content (AvgIpc) is 2.75. The molecular formula is C24H43N5O8. The van der Waals surface area contributed by atoms with Crippen LogP contribution >= 0.6 is 0 Å². The molecule has 5 atom stereocenters. The predicted octanol–water partition coefficient (Wildman–Crippen LogP) is -0.564. The van der Waals surface area contributed by atoms with Crippen LogP contribution in [-0.2, 0) is 28.8 Å². The minimum atomic E-state index is -1.36. The number of carbonyl (C=O) groups excluding carboxylic acids is 4. The first-order chi connectivity index (χ1) is 16.9. The molecule has 8 N–H and O–H groups in total. The maximum atomic E-state index is 13.1. The summed E-state index contributed by atoms with van der Waals surface area (Å²) in [5.41, 5.74) is 5.58. The first-order valence-electron chi connectivity index (χ1n) is 12.3. The standard InChI is InChI=1S/C24H43N5O8/c1-10(2)16(26-20(32)14(25)9-15(30)31)21(33)27-17(11(3)4)22(34)28-18(12(5)6)23(35)29-19(13(7)8)24(36)37/h10-14,16-19H,9,25H2,1-8H3,(H,26,32)(H,27,33)(H,28,34)(H,29,35)(H,30,31)(H,36,37)/t14-,16-,17-,18-,19-/m0/s1. The molecular weight excluding hydrogens is 486 g/mol. The lowest BCUT2D eigenvalue weighted by Gasteiger charge is -2.30. The molecule has 212 valence electrons. The van der Waals surface area contributed by atoms with Gasteiger partial charge < -0.3 is 37.2 Å². The van der Waals surface area contributed by atoms with Gasteiger partial charge in [0.05, 0.1) is 12.5 Å². The van der Waals surface area contributed by atoms with Crippen molar-refractivity contribution in [3.8, 4) is 0 Å². The molecule has 0 aromatic rings. The van der Waals surface area contributed by atoms with Gasteiger partial charge in [0.25, 0.3) is 0 Å². The van der Waals surface area contributed by atoms with Crippen LogP contribution < -0.4 is 27.0 Å². The summed E-state index contributed by atoms with van der Waals surface area (Å²) >= 11 is 0. The molecule has 37 heavy (non-hydrogen) atoms. The molecule has 0 bridgehead atoms. The highest BCUT2D eigenvalue weighted by molar-refractivity contribution is 5.96. The van der Waals surface area contributed by atoms with E-state index >= 15 is 0 Å². The molecule has 0 aliphatic carbocycles. The number of nitrogens with two attached hydrogens (primary N) is 1. The fourth-order valence-electron chi connectivity index (χ4n) is 3.39. The molecule has 13 heteroatoms. The van der Waals surface area contributed by atoms with E-state index in [0.29, 0.717) is 0 Å². The normalized spacial score (nSPS) is 15.5. The molecule has 0 aliphatic heterocycles. The molecule has 0 radical (unpaired) electrons. The van der Waals surface area contributed by atoms with Gasteiger partial charge in [-0.2, -0.15) is 0 Å². The van der Waals surface area contributed by atoms with Gasteiger partial charge in [0.2, 0.25) is 23.6 Å². The number of amides is 4. The molecule has 0 aromatic carbocycles. The quantitative estimate of drug-likeness (QED) is 0.144. The van der Waals surface area contributed by atoms with Gasteiger partial charge in [0, 0.05) is 0 Å². The van der Waals surface area contributed by atoms with Crippen LogP contribution in [0.25, 0.3) is 0 Å². The Morgan fingerprint density at radius 3 is 1.05 bits per heavy atom. The molecule has 0 unspecified atom stereocenters. The summed E-state index contributed by atoms with van der Waals surface area (Å²) in [6.07, 6.45) is -0.618. The highest BCUT2D eigenvalue weighted by Gasteiger charge is 2.35. The van der Waals surface area contributed by atoms with Crippen LogP contribution in [-0.4, -0.2) is 76.0 Å². The van der Waals surface area contributed by atoms with Gasteiger partial charge in [-0.1, -0.05) is 55.4 Å². The van der Waals surface area contributed by atoms with E-state index in [4.69, 9.17) is 10.8 Å². The van der Waals surface area contributed by atoms with Crippen molar-refractivity contribution in [2.75, 3.05) is 0 Å². The van der Waals surface area contributed by atoms with Crippen molar-refractivity contribution in [3.05, 3.63) is 0 Å². The minimum absolute atomic E-state index is 0.389. The molecule has 0 aromatic heterocycles. The van der Waals surface area contributed by atoms with E-state index in [-0.39, 0.29) is 5.92 Å². The maximum Gasteiger partial charge on any atom is 0.326 e. The molecule has 13 nitrogen and oxygen atoms in total. The number of hydrogen-bond donors (Lipinski definition) is 7. The van der Waals surface area contributed by atoms with E-state index < -0.39 is 90.0 Å². The second-order valence-electron chi connectivity index (χ2n) is 10.5. The molecule has 0 saturated heterocycles. The predicted molar refractivity (Wildman–Crippen MR) is 135 cm³/mol. The molecule has 0 fully saturated rings. The summed E-state index contributed by atoms with van der Waals surface area (Å²) in [5, 5.41) is 28.3. The second kappa shape index (κ2) is 15.1. The van der Waals surface area contributed by atoms with Crippen molar-refractivity contribution in [1.29, 1.82) is 0 Å². The summed E-state index contributed by atoms with van der Waals surface area (Å²) in [5.74, 6) is -6.93. The lowest BCUT2D eigenvalue weighted by molar-refractivity contribution is -0.144. The van der Waals surface area contributed by atoms with Gasteiger partial charge in [-0.15, -0.1) is 0 Å². The van der Waals surface area contributed by atoms with Crippen LogP contribution in [0.1, 0.15) is 61.8 Å². The lowest BCUT2D eigenvalue weighted by Crippen LogP contribution is -2.61. The van der Waals surface area contributed by atoms with Crippen LogP contribution in [0.4, 0.5) is 0 Å². The Morgan fingerprint density at radius 2 is 0.811 bits per heavy atom. The van der Waals surface area contributed by atoms with Gasteiger partial charge in [0.15, 0.2) is 0 Å². The van der Waals surface area contributed by atoms with Gasteiger partial charge in [0.1, 0.15) is 24.2 Å². The zero-order valence-electron chi connectivity index (χ0n) is 22.8. The Labute approximate surface area is 217 Å². The number of carbonyl (C=O) groups is 6. The van der Waals surface area contributed by atoms with E-state index in [1.54, 1.807) is 55.4 Å². The Hall–Kier alpha value is -3.22. The molecule has 0 saturated carbocycles. The Bertz CT molecular complexity index is 843. The molecule has 0 spiro atoms. The van der Waals surface area contributed by atoms with Gasteiger partial charge in [-0.25, -0.2) is 4.79 Å². The number of carboxylic acid groups (broad SMARTS) is 2. The Kier molecular flexibility index (Phi) is 13.8. The van der Waals surface area contributed by atoms with Crippen LogP contribution in [0.3, 0.4) is 0 Å². The van der Waals surface area contributed by atoms with Crippen molar-refractivity contribution in [1.82, 2.24) is 21.3 Å².